The van der Waals surface area contributed by atoms with E-state index in [0.717, 1.165) is 0 Å². The number of hydrogen-bond acceptors (Lipinski definition) is 6. The number of carbonyl (C=O) groups is 2. The monoisotopic (exact) mass is 238 g/mol. The van der Waals surface area contributed by atoms with Crippen LogP contribution in [0, 0.1) is 0 Å². The summed E-state index contributed by atoms with van der Waals surface area (Å²) in [6.45, 7) is 0.0561. The summed E-state index contributed by atoms with van der Waals surface area (Å²) in [5.41, 5.74) is -1.01. The first-order valence-corrected chi connectivity index (χ1v) is 4.34. The third kappa shape index (κ3) is 2.09. The van der Waals surface area contributed by atoms with Crippen LogP contribution >= 0.6 is 0 Å². The number of aromatic nitrogens is 6. The molecule has 88 valence electrons. The van der Waals surface area contributed by atoms with Gasteiger partial charge in [-0.1, -0.05) is 0 Å². The summed E-state index contributed by atoms with van der Waals surface area (Å²) in [6.07, 6.45) is 1.30. The molecular weight excluding hydrogens is 232 g/mol. The Labute approximate surface area is 92.9 Å². The van der Waals surface area contributed by atoms with Crippen LogP contribution in [0.25, 0.3) is 0 Å². The molecule has 2 rings (SSSR count). The van der Waals surface area contributed by atoms with E-state index in [1.165, 1.54) is 11.0 Å². The van der Waals surface area contributed by atoms with Crippen molar-refractivity contribution in [3.05, 3.63) is 23.5 Å². The van der Waals surface area contributed by atoms with Crippen molar-refractivity contribution in [3.8, 4) is 0 Å². The Morgan fingerprint density at radius 1 is 1.35 bits per heavy atom. The number of imidazole rings is 1. The van der Waals surface area contributed by atoms with Crippen molar-refractivity contribution in [1.29, 1.82) is 0 Å². The quantitative estimate of drug-likeness (QED) is 0.604. The van der Waals surface area contributed by atoms with E-state index >= 15 is 0 Å². The Kier molecular flexibility index (Phi) is 2.52. The molecule has 0 saturated carbocycles. The van der Waals surface area contributed by atoms with Gasteiger partial charge in [-0.25, -0.2) is 19.3 Å². The number of tetrazole rings is 1. The van der Waals surface area contributed by atoms with Crippen LogP contribution in [0.3, 0.4) is 0 Å². The van der Waals surface area contributed by atoms with Crippen molar-refractivity contribution >= 4 is 11.9 Å². The van der Waals surface area contributed by atoms with Gasteiger partial charge in [0.25, 0.3) is 0 Å². The molecule has 3 N–H and O–H groups in total. The second kappa shape index (κ2) is 4.00. The first-order valence-electron chi connectivity index (χ1n) is 4.34. The normalized spacial score (nSPS) is 10.4. The largest absolute Gasteiger partial charge is 0.477 e. The van der Waals surface area contributed by atoms with Gasteiger partial charge in [0, 0.05) is 0 Å². The SMILES string of the molecule is O=C(O)c1nc(Cn2cnnn2)[nH]c1C(=O)O. The van der Waals surface area contributed by atoms with Crippen LogP contribution < -0.4 is 0 Å². The molecule has 0 saturated heterocycles. The summed E-state index contributed by atoms with van der Waals surface area (Å²) in [7, 11) is 0. The third-order valence-electron chi connectivity index (χ3n) is 1.87. The Bertz CT molecular complexity index is 527. The molecule has 10 nitrogen and oxygen atoms in total. The fourth-order valence-corrected chi connectivity index (χ4v) is 1.21. The van der Waals surface area contributed by atoms with Crippen LogP contribution in [0.1, 0.15) is 26.8 Å². The maximum atomic E-state index is 10.8. The standard InChI is InChI=1S/C7H6N6O4/c14-6(15)4-5(7(16)17)10-3(9-4)1-13-2-8-11-12-13/h2H,1H2,(H,9,10)(H,14,15)(H,16,17). The number of rotatable bonds is 4. The van der Waals surface area contributed by atoms with Crippen molar-refractivity contribution in [2.75, 3.05) is 0 Å². The second-order valence-corrected chi connectivity index (χ2v) is 3.02. The van der Waals surface area contributed by atoms with E-state index in [-0.39, 0.29) is 12.4 Å². The van der Waals surface area contributed by atoms with E-state index in [1.807, 2.05) is 0 Å². The molecule has 0 aliphatic carbocycles. The van der Waals surface area contributed by atoms with E-state index in [1.54, 1.807) is 0 Å². The summed E-state index contributed by atoms with van der Waals surface area (Å²) in [5.74, 6) is -2.66. The van der Waals surface area contributed by atoms with E-state index in [9.17, 15) is 9.59 Å². The van der Waals surface area contributed by atoms with Crippen molar-refractivity contribution in [2.45, 2.75) is 6.54 Å². The summed E-state index contributed by atoms with van der Waals surface area (Å²) in [5, 5.41) is 27.8. The molecule has 0 unspecified atom stereocenters. The van der Waals surface area contributed by atoms with E-state index in [2.05, 4.69) is 25.5 Å². The molecule has 10 heteroatoms. The topological polar surface area (TPSA) is 147 Å². The molecule has 0 aliphatic heterocycles. The van der Waals surface area contributed by atoms with Crippen LogP contribution in [-0.2, 0) is 6.54 Å². The fourth-order valence-electron chi connectivity index (χ4n) is 1.21. The predicted molar refractivity (Wildman–Crippen MR) is 49.4 cm³/mol. The molecule has 0 fully saturated rings. The molecule has 0 amide bonds. The van der Waals surface area contributed by atoms with Gasteiger partial charge in [0.05, 0.1) is 0 Å². The van der Waals surface area contributed by atoms with Crippen molar-refractivity contribution in [3.63, 3.8) is 0 Å². The lowest BCUT2D eigenvalue weighted by atomic mass is 10.3. The second-order valence-electron chi connectivity index (χ2n) is 3.02. The smallest absolute Gasteiger partial charge is 0.357 e. The number of aromatic carboxylic acids is 2. The zero-order chi connectivity index (χ0) is 12.4. The van der Waals surface area contributed by atoms with Gasteiger partial charge in [-0.15, -0.1) is 5.10 Å². The molecule has 2 aromatic heterocycles. The van der Waals surface area contributed by atoms with E-state index in [4.69, 9.17) is 10.2 Å². The Morgan fingerprint density at radius 3 is 2.59 bits per heavy atom. The average Bonchev–Trinajstić information content (AvgIpc) is 2.86. The molecular formula is C7H6N6O4. The Balaban J connectivity index is 2.34. The van der Waals surface area contributed by atoms with Gasteiger partial charge in [-0.05, 0) is 10.4 Å². The number of nitrogens with one attached hydrogen (secondary N) is 1. The van der Waals surface area contributed by atoms with E-state index in [0.29, 0.717) is 0 Å². The lowest BCUT2D eigenvalue weighted by Gasteiger charge is -1.93. The zero-order valence-electron chi connectivity index (χ0n) is 8.23. The highest BCUT2D eigenvalue weighted by atomic mass is 16.4. The van der Waals surface area contributed by atoms with Gasteiger partial charge in [-0.3, -0.25) is 0 Å². The van der Waals surface area contributed by atoms with Gasteiger partial charge < -0.3 is 15.2 Å². The summed E-state index contributed by atoms with van der Waals surface area (Å²) < 4.78 is 1.27. The Hall–Kier alpha value is -2.78. The van der Waals surface area contributed by atoms with Crippen LogP contribution in [-0.4, -0.2) is 52.3 Å². The lowest BCUT2D eigenvalue weighted by molar-refractivity contribution is 0.0644. The molecule has 2 heterocycles. The number of hydrogen-bond donors (Lipinski definition) is 3. The lowest BCUT2D eigenvalue weighted by Crippen LogP contribution is -2.07. The van der Waals surface area contributed by atoms with Gasteiger partial charge >= 0.3 is 11.9 Å². The van der Waals surface area contributed by atoms with Crippen LogP contribution in [0.2, 0.25) is 0 Å². The molecule has 0 aromatic carbocycles. The van der Waals surface area contributed by atoms with Gasteiger partial charge in [0.15, 0.2) is 11.4 Å². The average molecular weight is 238 g/mol. The first-order chi connectivity index (χ1) is 8.08. The molecule has 2 aromatic rings. The number of carboxylic acids is 2. The van der Waals surface area contributed by atoms with Crippen molar-refractivity contribution in [2.24, 2.45) is 0 Å². The highest BCUT2D eigenvalue weighted by Crippen LogP contribution is 2.07. The first kappa shape index (κ1) is 10.7. The maximum absolute atomic E-state index is 10.8. The molecule has 17 heavy (non-hydrogen) atoms. The van der Waals surface area contributed by atoms with Crippen molar-refractivity contribution in [1.82, 2.24) is 30.2 Å². The molecule has 0 atom stereocenters. The van der Waals surface area contributed by atoms with Gasteiger partial charge in [0.1, 0.15) is 18.7 Å². The third-order valence-corrected chi connectivity index (χ3v) is 1.87. The van der Waals surface area contributed by atoms with E-state index < -0.39 is 23.3 Å². The molecule has 0 spiro atoms. The fraction of sp³-hybridized carbons (Fsp3) is 0.143. The van der Waals surface area contributed by atoms with Crippen LogP contribution in [0.5, 0.6) is 0 Å². The number of aromatic amines is 1. The predicted octanol–water partition coefficient (Wildman–Crippen LogP) is -1.16. The number of carboxylic acid groups (broad SMARTS) is 2. The summed E-state index contributed by atoms with van der Waals surface area (Å²) in [6, 6.07) is 0. The van der Waals surface area contributed by atoms with Gasteiger partial charge in [-0.2, -0.15) is 0 Å². The minimum Gasteiger partial charge on any atom is -0.477 e. The minimum atomic E-state index is -1.42. The summed E-state index contributed by atoms with van der Waals surface area (Å²) >= 11 is 0. The number of nitrogens with zero attached hydrogens (tertiary/aromatic N) is 5. The minimum absolute atomic E-state index is 0.0561. The highest BCUT2D eigenvalue weighted by molar-refractivity contribution is 5.98. The van der Waals surface area contributed by atoms with Crippen LogP contribution in [0.4, 0.5) is 0 Å². The molecule has 0 aliphatic rings. The molecule has 0 bridgehead atoms. The Morgan fingerprint density at radius 2 is 2.12 bits per heavy atom. The number of H-pyrrole nitrogens is 1. The zero-order valence-corrected chi connectivity index (χ0v) is 8.23. The van der Waals surface area contributed by atoms with Gasteiger partial charge in [0.2, 0.25) is 0 Å². The molecule has 0 radical (unpaired) electrons. The summed E-state index contributed by atoms with van der Waals surface area (Å²) in [4.78, 5) is 27.6. The highest BCUT2D eigenvalue weighted by Gasteiger charge is 2.21. The van der Waals surface area contributed by atoms with Crippen molar-refractivity contribution < 1.29 is 19.8 Å². The van der Waals surface area contributed by atoms with Crippen LogP contribution in [0.15, 0.2) is 6.33 Å². The maximum Gasteiger partial charge on any atom is 0.357 e.